The summed E-state index contributed by atoms with van der Waals surface area (Å²) >= 11 is 2.17. The Bertz CT molecular complexity index is 631. The summed E-state index contributed by atoms with van der Waals surface area (Å²) in [5.41, 5.74) is 2.55. The number of carbonyl (C=O) groups excluding carboxylic acids is 1. The fourth-order valence-electron chi connectivity index (χ4n) is 2.87. The number of hydrogen-bond donors (Lipinski definition) is 0. The predicted molar refractivity (Wildman–Crippen MR) is 139 cm³/mol. The molecule has 0 aromatic heterocycles. The van der Waals surface area contributed by atoms with Gasteiger partial charge in [0.2, 0.25) is 0 Å². The molecule has 0 bridgehead atoms. The Balaban J connectivity index is 4.80. The summed E-state index contributed by atoms with van der Waals surface area (Å²) in [6, 6.07) is 0. The minimum atomic E-state index is -1.69. The van der Waals surface area contributed by atoms with Gasteiger partial charge in [0.15, 0.2) is 8.32 Å². The smallest absolute Gasteiger partial charge is 0.191 e. The van der Waals surface area contributed by atoms with E-state index in [-0.39, 0.29) is 10.5 Å². The van der Waals surface area contributed by atoms with E-state index < -0.39 is 8.32 Å². The van der Waals surface area contributed by atoms with E-state index in [0.717, 1.165) is 50.6 Å². The van der Waals surface area contributed by atoms with E-state index in [1.165, 1.54) is 5.57 Å². The van der Waals surface area contributed by atoms with Crippen LogP contribution in [0.15, 0.2) is 23.3 Å². The molecular formula is C25H43IO2Si. The van der Waals surface area contributed by atoms with E-state index in [9.17, 15) is 4.79 Å². The molecule has 2 nitrogen and oxygen atoms in total. The standard InChI is InChI=1S/C25H43IO2Si/c1-21(11-10-12-22(2)14-19-27)13-16-25(7,17-18-26)23(3)15-20-28-29(8,9)24(4,5)6/h11,14,19,23H,10,12-13,15-16,20H2,1-9H3/b21-11+,22-14-/t23-,25-/m1/s1. The van der Waals surface area contributed by atoms with Crippen molar-refractivity contribution in [2.24, 2.45) is 11.3 Å². The van der Waals surface area contributed by atoms with Crippen LogP contribution in [0.2, 0.25) is 18.1 Å². The van der Waals surface area contributed by atoms with Gasteiger partial charge in [-0.15, -0.1) is 0 Å². The molecule has 0 N–H and O–H groups in total. The molecule has 0 aromatic rings. The van der Waals surface area contributed by atoms with Gasteiger partial charge in [0.25, 0.3) is 0 Å². The van der Waals surface area contributed by atoms with Crippen molar-refractivity contribution < 1.29 is 9.22 Å². The lowest BCUT2D eigenvalue weighted by atomic mass is 9.73. The van der Waals surface area contributed by atoms with Crippen LogP contribution in [-0.4, -0.2) is 21.2 Å². The fourth-order valence-corrected chi connectivity index (χ4v) is 4.55. The number of aldehydes is 1. The molecular weight excluding hydrogens is 487 g/mol. The lowest BCUT2D eigenvalue weighted by Gasteiger charge is -2.37. The summed E-state index contributed by atoms with van der Waals surface area (Å²) in [6.07, 6.45) is 9.95. The zero-order valence-electron chi connectivity index (χ0n) is 20.2. The highest BCUT2D eigenvalue weighted by Crippen LogP contribution is 2.39. The van der Waals surface area contributed by atoms with Crippen LogP contribution >= 0.6 is 22.6 Å². The van der Waals surface area contributed by atoms with Crippen LogP contribution in [-0.2, 0) is 9.22 Å². The summed E-state index contributed by atoms with van der Waals surface area (Å²) in [5.74, 6) is 3.99. The molecule has 0 aliphatic carbocycles. The molecule has 0 spiro atoms. The molecule has 4 heteroatoms. The highest BCUT2D eigenvalue weighted by Gasteiger charge is 2.37. The second-order valence-electron chi connectivity index (χ2n) is 10.2. The van der Waals surface area contributed by atoms with Crippen molar-refractivity contribution in [2.45, 2.75) is 98.7 Å². The summed E-state index contributed by atoms with van der Waals surface area (Å²) in [4.78, 5) is 10.5. The fraction of sp³-hybridized carbons (Fsp3) is 0.720. The molecule has 0 radical (unpaired) electrons. The third-order valence-corrected chi connectivity index (χ3v) is 11.5. The first-order valence-electron chi connectivity index (χ1n) is 10.8. The highest BCUT2D eigenvalue weighted by atomic mass is 127. The zero-order chi connectivity index (χ0) is 22.7. The van der Waals surface area contributed by atoms with Gasteiger partial charge in [-0.05, 0) is 86.9 Å². The number of hydrogen-bond acceptors (Lipinski definition) is 2. The Morgan fingerprint density at radius 1 is 1.14 bits per heavy atom. The van der Waals surface area contributed by atoms with Gasteiger partial charge in [0.1, 0.15) is 6.29 Å². The van der Waals surface area contributed by atoms with Crippen LogP contribution < -0.4 is 0 Å². The predicted octanol–water partition coefficient (Wildman–Crippen LogP) is 8.09. The summed E-state index contributed by atoms with van der Waals surface area (Å²) < 4.78 is 9.55. The summed E-state index contributed by atoms with van der Waals surface area (Å²) in [5, 5.41) is 0.253. The number of carbonyl (C=O) groups is 1. The van der Waals surface area contributed by atoms with Crippen LogP contribution in [0.3, 0.4) is 0 Å². The van der Waals surface area contributed by atoms with Crippen molar-refractivity contribution in [3.8, 4) is 9.85 Å². The molecule has 0 heterocycles. The van der Waals surface area contributed by atoms with Crippen molar-refractivity contribution in [3.63, 3.8) is 0 Å². The topological polar surface area (TPSA) is 26.3 Å². The van der Waals surface area contributed by atoms with Gasteiger partial charge in [-0.3, -0.25) is 4.79 Å². The van der Waals surface area contributed by atoms with Gasteiger partial charge in [-0.2, -0.15) is 0 Å². The number of allylic oxidation sites excluding steroid dienone is 4. The SMILES string of the molecule is C/C(=C/C=O)CC/C=C(\C)CC[C@](C)(C#CI)[C@H](C)CCO[Si](C)(C)C(C)(C)C. The summed E-state index contributed by atoms with van der Waals surface area (Å²) in [6.45, 7) is 21.2. The van der Waals surface area contributed by atoms with Crippen molar-refractivity contribution in [1.82, 2.24) is 0 Å². The minimum Gasteiger partial charge on any atom is -0.417 e. The third kappa shape index (κ3) is 11.0. The maximum absolute atomic E-state index is 10.5. The highest BCUT2D eigenvalue weighted by molar-refractivity contribution is 14.1. The van der Waals surface area contributed by atoms with Crippen LogP contribution in [0.25, 0.3) is 0 Å². The Morgan fingerprint density at radius 2 is 1.76 bits per heavy atom. The molecule has 29 heavy (non-hydrogen) atoms. The van der Waals surface area contributed by atoms with Gasteiger partial charge < -0.3 is 4.43 Å². The zero-order valence-corrected chi connectivity index (χ0v) is 23.4. The molecule has 0 saturated heterocycles. The maximum Gasteiger partial charge on any atom is 0.191 e. The van der Waals surface area contributed by atoms with E-state index in [1.807, 2.05) is 6.92 Å². The number of rotatable bonds is 12. The molecule has 166 valence electrons. The van der Waals surface area contributed by atoms with Gasteiger partial charge in [0, 0.05) is 34.6 Å². The van der Waals surface area contributed by atoms with Gasteiger partial charge in [0.05, 0.1) is 0 Å². The van der Waals surface area contributed by atoms with Crippen molar-refractivity contribution in [1.29, 1.82) is 0 Å². The van der Waals surface area contributed by atoms with E-state index >= 15 is 0 Å². The molecule has 0 saturated carbocycles. The van der Waals surface area contributed by atoms with E-state index in [1.54, 1.807) is 6.08 Å². The minimum absolute atomic E-state index is 0.000415. The third-order valence-electron chi connectivity index (χ3n) is 6.66. The van der Waals surface area contributed by atoms with Crippen LogP contribution in [0, 0.1) is 21.2 Å². The van der Waals surface area contributed by atoms with Crippen LogP contribution in [0.4, 0.5) is 0 Å². The summed E-state index contributed by atoms with van der Waals surface area (Å²) in [7, 11) is -1.69. The van der Waals surface area contributed by atoms with Crippen LogP contribution in [0.1, 0.15) is 80.6 Å². The second kappa shape index (κ2) is 13.1. The number of halogens is 1. The van der Waals surface area contributed by atoms with Gasteiger partial charge >= 0.3 is 0 Å². The second-order valence-corrected chi connectivity index (χ2v) is 15.5. The molecule has 0 aromatic carbocycles. The van der Waals surface area contributed by atoms with E-state index in [0.29, 0.717) is 5.92 Å². The quantitative estimate of drug-likeness (QED) is 0.0637. The first kappa shape index (κ1) is 28.6. The van der Waals surface area contributed by atoms with Crippen molar-refractivity contribution >= 4 is 37.2 Å². The first-order valence-corrected chi connectivity index (χ1v) is 14.8. The Kier molecular flexibility index (Phi) is 12.9. The Labute approximate surface area is 195 Å². The van der Waals surface area contributed by atoms with E-state index in [4.69, 9.17) is 4.43 Å². The molecule has 0 amide bonds. The van der Waals surface area contributed by atoms with Gasteiger partial charge in [-0.1, -0.05) is 50.8 Å². The Morgan fingerprint density at radius 3 is 2.28 bits per heavy atom. The molecule has 0 unspecified atom stereocenters. The average molecular weight is 531 g/mol. The molecule has 0 aliphatic heterocycles. The molecule has 0 fully saturated rings. The first-order chi connectivity index (χ1) is 13.3. The van der Waals surface area contributed by atoms with Crippen molar-refractivity contribution in [2.75, 3.05) is 6.61 Å². The maximum atomic E-state index is 10.5. The average Bonchev–Trinajstić information content (AvgIpc) is 2.59. The van der Waals surface area contributed by atoms with Crippen molar-refractivity contribution in [3.05, 3.63) is 23.3 Å². The van der Waals surface area contributed by atoms with Gasteiger partial charge in [-0.25, -0.2) is 0 Å². The molecule has 0 rings (SSSR count). The monoisotopic (exact) mass is 530 g/mol. The lowest BCUT2D eigenvalue weighted by molar-refractivity contribution is -0.104. The van der Waals surface area contributed by atoms with E-state index in [2.05, 4.69) is 93.2 Å². The Hall–Kier alpha value is -0.383. The van der Waals surface area contributed by atoms with Crippen LogP contribution in [0.5, 0.6) is 0 Å². The lowest BCUT2D eigenvalue weighted by Crippen LogP contribution is -2.41. The largest absolute Gasteiger partial charge is 0.417 e. The normalized spacial score (nSPS) is 16.6. The molecule has 2 atom stereocenters. The molecule has 0 aliphatic rings.